The van der Waals surface area contributed by atoms with E-state index in [0.29, 0.717) is 6.42 Å². The van der Waals surface area contributed by atoms with Crippen LogP contribution in [0.3, 0.4) is 0 Å². The molecular formula is C23H45N11O6. The number of rotatable bonds is 20. The highest BCUT2D eigenvalue weighted by Crippen LogP contribution is 2.09. The summed E-state index contributed by atoms with van der Waals surface area (Å²) in [5.74, 6) is -4.44. The topological polar surface area (TPSA) is 323 Å². The van der Waals surface area contributed by atoms with Crippen LogP contribution in [0, 0.1) is 5.92 Å². The normalized spacial score (nSPS) is 13.7. The Balaban J connectivity index is 5.50. The molecule has 0 rings (SSSR count). The lowest BCUT2D eigenvalue weighted by atomic mass is 10.0. The van der Waals surface area contributed by atoms with Crippen molar-refractivity contribution in [2.75, 3.05) is 13.1 Å². The van der Waals surface area contributed by atoms with E-state index in [-0.39, 0.29) is 69.5 Å². The number of nitrogens with zero attached hydrogens (tertiary/aromatic N) is 2. The Morgan fingerprint density at radius 3 is 1.65 bits per heavy atom. The maximum atomic E-state index is 13.2. The number of carboxylic acid groups (broad SMARTS) is 1. The first-order valence-electron chi connectivity index (χ1n) is 12.9. The van der Waals surface area contributed by atoms with Crippen LogP contribution in [0.1, 0.15) is 58.8 Å². The number of carbonyl (C=O) groups is 5. The standard InChI is InChI=1S/C23H45N11O6/c1-12(2)11-16(34-18(36)13(24)5-3-9-30-22(26)27)20(38)32-14(7-8-17(25)35)19(37)33-15(21(39)40)6-4-10-31-23(28)29/h12-16H,3-11,24H2,1-2H3,(H2,25,35)(H,32,38)(H,33,37)(H,34,36)(H,39,40)(H4,26,27,30)(H4,28,29,31). The van der Waals surface area contributed by atoms with Crippen molar-refractivity contribution in [1.29, 1.82) is 0 Å². The van der Waals surface area contributed by atoms with E-state index in [9.17, 15) is 29.1 Å². The molecule has 0 saturated heterocycles. The minimum Gasteiger partial charge on any atom is -0.480 e. The lowest BCUT2D eigenvalue weighted by molar-refractivity contribution is -0.142. The molecule has 0 fully saturated rings. The number of hydrogen-bond acceptors (Lipinski definition) is 8. The number of carbonyl (C=O) groups excluding carboxylic acids is 4. The summed E-state index contributed by atoms with van der Waals surface area (Å²) < 4.78 is 0. The van der Waals surface area contributed by atoms with Gasteiger partial charge in [-0.05, 0) is 44.4 Å². The Morgan fingerprint density at radius 1 is 0.700 bits per heavy atom. The zero-order valence-corrected chi connectivity index (χ0v) is 23.1. The molecular weight excluding hydrogens is 526 g/mol. The van der Waals surface area contributed by atoms with Gasteiger partial charge in [-0.25, -0.2) is 4.79 Å². The predicted molar refractivity (Wildman–Crippen MR) is 149 cm³/mol. The Hall–Kier alpha value is -4.15. The molecule has 4 unspecified atom stereocenters. The van der Waals surface area contributed by atoms with Crippen LogP contribution < -0.4 is 50.4 Å². The Morgan fingerprint density at radius 2 is 1.18 bits per heavy atom. The highest BCUT2D eigenvalue weighted by atomic mass is 16.4. The second-order valence-electron chi connectivity index (χ2n) is 9.66. The van der Waals surface area contributed by atoms with Gasteiger partial charge >= 0.3 is 5.97 Å². The summed E-state index contributed by atoms with van der Waals surface area (Å²) in [6, 6.07) is -4.62. The SMILES string of the molecule is CC(C)CC(NC(=O)C(N)CCCN=C(N)N)C(=O)NC(CCC(N)=O)C(=O)NC(CCCN=C(N)N)C(=O)O. The first kappa shape index (κ1) is 35.9. The second kappa shape index (κ2) is 19.0. The van der Waals surface area contributed by atoms with Gasteiger partial charge in [0.25, 0.3) is 0 Å². The van der Waals surface area contributed by atoms with Crippen molar-refractivity contribution in [3.05, 3.63) is 0 Å². The zero-order chi connectivity index (χ0) is 30.8. The van der Waals surface area contributed by atoms with Crippen LogP contribution in [0.15, 0.2) is 9.98 Å². The Kier molecular flexibility index (Phi) is 17.0. The van der Waals surface area contributed by atoms with Crippen LogP contribution in [0.25, 0.3) is 0 Å². The van der Waals surface area contributed by atoms with E-state index in [2.05, 4.69) is 25.9 Å². The van der Waals surface area contributed by atoms with Crippen LogP contribution in [0.2, 0.25) is 0 Å². The van der Waals surface area contributed by atoms with Gasteiger partial charge in [-0.3, -0.25) is 29.2 Å². The molecule has 0 radical (unpaired) electrons. The van der Waals surface area contributed by atoms with Gasteiger partial charge in [-0.2, -0.15) is 0 Å². The van der Waals surface area contributed by atoms with E-state index >= 15 is 0 Å². The van der Waals surface area contributed by atoms with Crippen LogP contribution in [-0.2, 0) is 24.0 Å². The van der Waals surface area contributed by atoms with Crippen molar-refractivity contribution in [3.63, 3.8) is 0 Å². The van der Waals surface area contributed by atoms with Crippen molar-refractivity contribution >= 4 is 41.5 Å². The van der Waals surface area contributed by atoms with Gasteiger partial charge in [0.1, 0.15) is 18.1 Å². The van der Waals surface area contributed by atoms with Crippen LogP contribution >= 0.6 is 0 Å². The first-order valence-corrected chi connectivity index (χ1v) is 12.9. The molecule has 4 atom stereocenters. The predicted octanol–water partition coefficient (Wildman–Crippen LogP) is -3.73. The molecule has 17 nitrogen and oxygen atoms in total. The first-order chi connectivity index (χ1) is 18.6. The number of aliphatic imine (C=N–C) groups is 2. The number of hydrogen-bond donors (Lipinski definition) is 10. The van der Waals surface area contributed by atoms with E-state index in [0.717, 1.165) is 0 Å². The van der Waals surface area contributed by atoms with Gasteiger partial charge in [0.05, 0.1) is 6.04 Å². The fourth-order valence-electron chi connectivity index (χ4n) is 3.49. The quantitative estimate of drug-likeness (QED) is 0.0384. The summed E-state index contributed by atoms with van der Waals surface area (Å²) in [7, 11) is 0. The Labute approximate surface area is 233 Å². The number of guanidine groups is 2. The molecule has 0 saturated carbocycles. The van der Waals surface area contributed by atoms with E-state index < -0.39 is 53.8 Å². The summed E-state index contributed by atoms with van der Waals surface area (Å²) >= 11 is 0. The van der Waals surface area contributed by atoms with Gasteiger partial charge in [-0.1, -0.05) is 13.8 Å². The van der Waals surface area contributed by atoms with E-state index in [1.807, 2.05) is 13.8 Å². The van der Waals surface area contributed by atoms with Gasteiger partial charge in [0.2, 0.25) is 23.6 Å². The lowest BCUT2D eigenvalue weighted by Gasteiger charge is -2.26. The average Bonchev–Trinajstić information content (AvgIpc) is 2.84. The second-order valence-corrected chi connectivity index (χ2v) is 9.66. The molecule has 0 aliphatic heterocycles. The molecule has 0 aliphatic rings. The van der Waals surface area contributed by atoms with Gasteiger partial charge in [-0.15, -0.1) is 0 Å². The minimum absolute atomic E-state index is 0.00143. The molecule has 0 aromatic heterocycles. The molecule has 0 aromatic carbocycles. The Bertz CT molecular complexity index is 917. The molecule has 0 aromatic rings. The van der Waals surface area contributed by atoms with Crippen molar-refractivity contribution in [3.8, 4) is 0 Å². The summed E-state index contributed by atoms with van der Waals surface area (Å²) in [5.41, 5.74) is 32.2. The molecule has 228 valence electrons. The largest absolute Gasteiger partial charge is 0.480 e. The highest BCUT2D eigenvalue weighted by molar-refractivity contribution is 5.94. The molecule has 40 heavy (non-hydrogen) atoms. The highest BCUT2D eigenvalue weighted by Gasteiger charge is 2.30. The monoisotopic (exact) mass is 571 g/mol. The number of carboxylic acids is 1. The minimum atomic E-state index is -1.31. The molecule has 17 heteroatoms. The van der Waals surface area contributed by atoms with E-state index in [1.165, 1.54) is 0 Å². The van der Waals surface area contributed by atoms with Crippen LogP contribution in [0.4, 0.5) is 0 Å². The summed E-state index contributed by atoms with van der Waals surface area (Å²) in [6.45, 7) is 4.09. The van der Waals surface area contributed by atoms with E-state index in [4.69, 9.17) is 34.4 Å². The maximum absolute atomic E-state index is 13.2. The fourth-order valence-corrected chi connectivity index (χ4v) is 3.49. The molecule has 0 aliphatic carbocycles. The van der Waals surface area contributed by atoms with Crippen molar-refractivity contribution in [2.24, 2.45) is 50.3 Å². The molecule has 16 N–H and O–H groups in total. The van der Waals surface area contributed by atoms with E-state index in [1.54, 1.807) is 0 Å². The lowest BCUT2D eigenvalue weighted by Crippen LogP contribution is -2.57. The molecule has 0 bridgehead atoms. The summed E-state index contributed by atoms with van der Waals surface area (Å²) in [4.78, 5) is 69.4. The number of nitrogens with one attached hydrogen (secondary N) is 3. The smallest absolute Gasteiger partial charge is 0.326 e. The number of primary amides is 1. The van der Waals surface area contributed by atoms with Crippen molar-refractivity contribution in [1.82, 2.24) is 16.0 Å². The third-order valence-electron chi connectivity index (χ3n) is 5.52. The van der Waals surface area contributed by atoms with Crippen molar-refractivity contribution in [2.45, 2.75) is 83.0 Å². The summed E-state index contributed by atoms with van der Waals surface area (Å²) in [5, 5.41) is 17.0. The third-order valence-corrected chi connectivity index (χ3v) is 5.52. The fraction of sp³-hybridized carbons (Fsp3) is 0.696. The van der Waals surface area contributed by atoms with Gasteiger partial charge in [0, 0.05) is 19.5 Å². The summed E-state index contributed by atoms with van der Waals surface area (Å²) in [6.07, 6.45) is 0.693. The molecule has 0 heterocycles. The van der Waals surface area contributed by atoms with Crippen LogP contribution in [-0.4, -0.2) is 83.9 Å². The molecule has 4 amide bonds. The maximum Gasteiger partial charge on any atom is 0.326 e. The third kappa shape index (κ3) is 16.6. The molecule has 0 spiro atoms. The van der Waals surface area contributed by atoms with Crippen molar-refractivity contribution < 1.29 is 29.1 Å². The number of aliphatic carboxylic acids is 1. The van der Waals surface area contributed by atoms with Crippen LogP contribution in [0.5, 0.6) is 0 Å². The number of nitrogens with two attached hydrogens (primary N) is 6. The average molecular weight is 572 g/mol. The number of amides is 4. The zero-order valence-electron chi connectivity index (χ0n) is 23.1. The van der Waals surface area contributed by atoms with Gasteiger partial charge < -0.3 is 55.5 Å². The van der Waals surface area contributed by atoms with Gasteiger partial charge in [0.15, 0.2) is 11.9 Å².